The minimum atomic E-state index is -0.474. The number of carbonyl (C=O) groups excluding carboxylic acids is 1. The van der Waals surface area contributed by atoms with Gasteiger partial charge < -0.3 is 4.74 Å². The minimum absolute atomic E-state index is 0.191. The van der Waals surface area contributed by atoms with Crippen LogP contribution in [0.15, 0.2) is 35.4 Å². The Morgan fingerprint density at radius 2 is 2.04 bits per heavy atom. The van der Waals surface area contributed by atoms with Gasteiger partial charge in [-0.1, -0.05) is 19.1 Å². The van der Waals surface area contributed by atoms with Crippen LogP contribution >= 0.6 is 11.3 Å². The van der Waals surface area contributed by atoms with Gasteiger partial charge >= 0.3 is 5.97 Å². The second-order valence-corrected chi connectivity index (χ2v) is 7.31. The number of thiophene rings is 1. The topological polar surface area (TPSA) is 61.2 Å². The zero-order valence-electron chi connectivity index (χ0n) is 14.8. The number of aromatic nitrogens is 2. The van der Waals surface area contributed by atoms with E-state index in [4.69, 9.17) is 4.74 Å². The molecule has 2 aromatic heterocycles. The van der Waals surface area contributed by atoms with Crippen molar-refractivity contribution < 1.29 is 13.9 Å². The summed E-state index contributed by atoms with van der Waals surface area (Å²) in [6.07, 6.45) is 1.87. The highest BCUT2D eigenvalue weighted by Gasteiger charge is 2.18. The quantitative estimate of drug-likeness (QED) is 0.635. The van der Waals surface area contributed by atoms with Crippen LogP contribution in [0.4, 0.5) is 4.39 Å². The van der Waals surface area contributed by atoms with Gasteiger partial charge in [0.15, 0.2) is 0 Å². The summed E-state index contributed by atoms with van der Waals surface area (Å²) >= 11 is 1.40. The third-order valence-electron chi connectivity index (χ3n) is 4.19. The average Bonchev–Trinajstić information content (AvgIpc) is 2.95. The van der Waals surface area contributed by atoms with Crippen molar-refractivity contribution >= 4 is 27.5 Å². The maximum atomic E-state index is 13.2. The van der Waals surface area contributed by atoms with Gasteiger partial charge in [-0.05, 0) is 38.0 Å². The van der Waals surface area contributed by atoms with E-state index in [2.05, 4.69) is 4.98 Å². The molecule has 0 bridgehead atoms. The second-order valence-electron chi connectivity index (χ2n) is 6.11. The van der Waals surface area contributed by atoms with E-state index < -0.39 is 5.97 Å². The van der Waals surface area contributed by atoms with Crippen LogP contribution in [-0.4, -0.2) is 21.6 Å². The molecule has 0 N–H and O–H groups in total. The first-order chi connectivity index (χ1) is 12.4. The average molecular weight is 374 g/mol. The van der Waals surface area contributed by atoms with E-state index in [0.29, 0.717) is 16.6 Å². The molecule has 0 amide bonds. The number of ether oxygens (including phenoxy) is 1. The van der Waals surface area contributed by atoms with Gasteiger partial charge in [-0.15, -0.1) is 11.3 Å². The number of fused-ring (bicyclic) bond motifs is 1. The Balaban J connectivity index is 2.05. The van der Waals surface area contributed by atoms with E-state index in [1.807, 2.05) is 13.8 Å². The summed E-state index contributed by atoms with van der Waals surface area (Å²) in [5.41, 5.74) is 1.17. The second kappa shape index (κ2) is 7.37. The number of hydrogen-bond acceptors (Lipinski definition) is 5. The Hall–Kier alpha value is -2.54. The number of halogens is 1. The highest BCUT2D eigenvalue weighted by molar-refractivity contribution is 7.19. The molecule has 0 aliphatic carbocycles. The zero-order chi connectivity index (χ0) is 18.8. The lowest BCUT2D eigenvalue weighted by atomic mass is 10.0. The third-order valence-corrected chi connectivity index (χ3v) is 5.21. The molecule has 1 atom stereocenters. The Kier molecular flexibility index (Phi) is 5.18. The first kappa shape index (κ1) is 18.3. The van der Waals surface area contributed by atoms with Crippen LogP contribution < -0.4 is 5.56 Å². The Labute approximate surface area is 154 Å². The monoisotopic (exact) mass is 374 g/mol. The molecule has 3 rings (SSSR count). The fourth-order valence-corrected chi connectivity index (χ4v) is 3.70. The molecule has 26 heavy (non-hydrogen) atoms. The van der Waals surface area contributed by atoms with Crippen LogP contribution in [0.2, 0.25) is 0 Å². The van der Waals surface area contributed by atoms with Gasteiger partial charge in [-0.25, -0.2) is 9.37 Å². The number of hydrogen-bond donors (Lipinski definition) is 0. The number of esters is 1. The van der Waals surface area contributed by atoms with Gasteiger partial charge in [0.05, 0.1) is 17.8 Å². The number of benzene rings is 1. The predicted octanol–water partition coefficient (Wildman–Crippen LogP) is 3.91. The summed E-state index contributed by atoms with van der Waals surface area (Å²) in [5, 5.41) is 0.443. The van der Waals surface area contributed by atoms with Crippen molar-refractivity contribution in [2.24, 2.45) is 0 Å². The molecule has 2 heterocycles. The van der Waals surface area contributed by atoms with E-state index in [1.165, 1.54) is 34.4 Å². The zero-order valence-corrected chi connectivity index (χ0v) is 15.6. The van der Waals surface area contributed by atoms with Gasteiger partial charge in [-0.2, -0.15) is 0 Å². The first-order valence-corrected chi connectivity index (χ1v) is 9.16. The lowest BCUT2D eigenvalue weighted by molar-refractivity contribution is -0.149. The van der Waals surface area contributed by atoms with Gasteiger partial charge in [0.1, 0.15) is 17.2 Å². The third kappa shape index (κ3) is 3.53. The predicted molar refractivity (Wildman–Crippen MR) is 99.9 cm³/mol. The molecule has 0 radical (unpaired) electrons. The molecule has 7 heteroatoms. The first-order valence-electron chi connectivity index (χ1n) is 8.34. The normalized spacial score (nSPS) is 12.3. The molecular formula is C19H19FN2O3S. The molecule has 0 fully saturated rings. The molecule has 0 spiro atoms. The van der Waals surface area contributed by atoms with Crippen molar-refractivity contribution in [3.63, 3.8) is 0 Å². The van der Waals surface area contributed by atoms with Crippen LogP contribution in [0.5, 0.6) is 0 Å². The van der Waals surface area contributed by atoms with Crippen LogP contribution in [0, 0.1) is 12.7 Å². The van der Waals surface area contributed by atoms with Crippen LogP contribution in [0.25, 0.3) is 21.3 Å². The lowest BCUT2D eigenvalue weighted by Gasteiger charge is -2.11. The molecule has 0 unspecified atom stereocenters. The summed E-state index contributed by atoms with van der Waals surface area (Å²) < 4.78 is 19.7. The summed E-state index contributed by atoms with van der Waals surface area (Å²) in [5.74, 6) is -0.813. The van der Waals surface area contributed by atoms with Crippen LogP contribution in [-0.2, 0) is 16.1 Å². The van der Waals surface area contributed by atoms with Crippen molar-refractivity contribution in [1.29, 1.82) is 0 Å². The number of carbonyl (C=O) groups is 1. The van der Waals surface area contributed by atoms with Crippen molar-refractivity contribution in [1.82, 2.24) is 9.55 Å². The smallest absolute Gasteiger partial charge is 0.326 e. The number of aryl methyl sites for hydroxylation is 1. The molecule has 0 aliphatic rings. The SMILES string of the molecule is CC[C@@H](C)OC(=O)Cn1cnc2sc(C)c(-c3ccc(F)cc3)c2c1=O. The van der Waals surface area contributed by atoms with Crippen LogP contribution in [0.1, 0.15) is 25.1 Å². The molecule has 136 valence electrons. The summed E-state index contributed by atoms with van der Waals surface area (Å²) in [6, 6.07) is 5.99. The van der Waals surface area contributed by atoms with Crippen molar-refractivity contribution in [3.05, 3.63) is 51.6 Å². The Bertz CT molecular complexity index is 1010. The molecule has 0 saturated heterocycles. The maximum absolute atomic E-state index is 13.2. The van der Waals surface area contributed by atoms with Crippen molar-refractivity contribution in [3.8, 4) is 11.1 Å². The largest absolute Gasteiger partial charge is 0.461 e. The van der Waals surface area contributed by atoms with Gasteiger partial charge in [0, 0.05) is 10.4 Å². The standard InChI is InChI=1S/C19H19FN2O3S/c1-4-11(2)25-15(23)9-22-10-21-18-17(19(22)24)16(12(3)26-18)13-5-7-14(20)8-6-13/h5-8,10-11H,4,9H2,1-3H3/t11-/m1/s1. The number of nitrogens with zero attached hydrogens (tertiary/aromatic N) is 2. The summed E-state index contributed by atoms with van der Waals surface area (Å²) in [4.78, 5) is 30.8. The van der Waals surface area contributed by atoms with Gasteiger partial charge in [0.25, 0.3) is 5.56 Å². The number of rotatable bonds is 5. The maximum Gasteiger partial charge on any atom is 0.326 e. The summed E-state index contributed by atoms with van der Waals surface area (Å²) in [7, 11) is 0. The Morgan fingerprint density at radius 3 is 2.69 bits per heavy atom. The fourth-order valence-electron chi connectivity index (χ4n) is 2.70. The fraction of sp³-hybridized carbons (Fsp3) is 0.316. The lowest BCUT2D eigenvalue weighted by Crippen LogP contribution is -2.27. The highest BCUT2D eigenvalue weighted by Crippen LogP contribution is 2.35. The summed E-state index contributed by atoms with van der Waals surface area (Å²) in [6.45, 7) is 5.42. The molecule has 0 saturated carbocycles. The Morgan fingerprint density at radius 1 is 1.35 bits per heavy atom. The van der Waals surface area contributed by atoms with Crippen molar-refractivity contribution in [2.75, 3.05) is 0 Å². The van der Waals surface area contributed by atoms with Crippen LogP contribution in [0.3, 0.4) is 0 Å². The molecule has 3 aromatic rings. The molecule has 1 aromatic carbocycles. The highest BCUT2D eigenvalue weighted by atomic mass is 32.1. The minimum Gasteiger partial charge on any atom is -0.461 e. The van der Waals surface area contributed by atoms with E-state index in [1.54, 1.807) is 19.1 Å². The molecular weight excluding hydrogens is 355 g/mol. The molecule has 5 nitrogen and oxygen atoms in total. The van der Waals surface area contributed by atoms with Gasteiger partial charge in [0.2, 0.25) is 0 Å². The molecule has 0 aliphatic heterocycles. The van der Waals surface area contributed by atoms with E-state index in [-0.39, 0.29) is 24.0 Å². The van der Waals surface area contributed by atoms with E-state index in [0.717, 1.165) is 16.0 Å². The van der Waals surface area contributed by atoms with E-state index >= 15 is 0 Å². The van der Waals surface area contributed by atoms with E-state index in [9.17, 15) is 14.0 Å². The van der Waals surface area contributed by atoms with Gasteiger partial charge in [-0.3, -0.25) is 14.2 Å². The van der Waals surface area contributed by atoms with Crippen molar-refractivity contribution in [2.45, 2.75) is 39.8 Å².